The lowest BCUT2D eigenvalue weighted by Gasteiger charge is -2.66. The molecule has 10 heteroatoms. The van der Waals surface area contributed by atoms with Crippen LogP contribution >= 0.6 is 0 Å². The van der Waals surface area contributed by atoms with Gasteiger partial charge < -0.3 is 34.6 Å². The van der Waals surface area contributed by atoms with Gasteiger partial charge in [-0.2, -0.15) is 0 Å². The minimum atomic E-state index is -1.09. The summed E-state index contributed by atoms with van der Waals surface area (Å²) in [5.41, 5.74) is -1.03. The molecule has 0 unspecified atom stereocenters. The van der Waals surface area contributed by atoms with Gasteiger partial charge in [-0.25, -0.2) is 4.79 Å². The summed E-state index contributed by atoms with van der Waals surface area (Å²) < 4.78 is 17.5. The van der Waals surface area contributed by atoms with Crippen LogP contribution in [0, 0.1) is 28.6 Å². The normalized spacial score (nSPS) is 48.0. The van der Waals surface area contributed by atoms with E-state index in [0.717, 1.165) is 30.4 Å². The lowest BCUT2D eigenvalue weighted by Crippen LogP contribution is -2.69. The topological polar surface area (TPSA) is 151 Å². The first kappa shape index (κ1) is 31.4. The summed E-state index contributed by atoms with van der Waals surface area (Å²) in [6, 6.07) is 3.90. The molecule has 0 amide bonds. The number of pyridine rings is 1. The summed E-state index contributed by atoms with van der Waals surface area (Å²) >= 11 is 0. The van der Waals surface area contributed by atoms with Crippen LogP contribution in [0.1, 0.15) is 83.6 Å². The Kier molecular flexibility index (Phi) is 8.02. The Balaban J connectivity index is 1.17. The molecule has 4 saturated carbocycles. The molecule has 0 bridgehead atoms. The van der Waals surface area contributed by atoms with Crippen molar-refractivity contribution in [1.29, 1.82) is 0 Å². The zero-order valence-corrected chi connectivity index (χ0v) is 26.4. The largest absolute Gasteiger partial charge is 0.458 e. The molecule has 3 heterocycles. The average molecular weight is 625 g/mol. The lowest BCUT2D eigenvalue weighted by atomic mass is 9.41. The van der Waals surface area contributed by atoms with Crippen LogP contribution in [0.2, 0.25) is 0 Å². The van der Waals surface area contributed by atoms with E-state index in [9.17, 15) is 25.2 Å². The minimum Gasteiger partial charge on any atom is -0.458 e. The number of aromatic nitrogens is 1. The summed E-state index contributed by atoms with van der Waals surface area (Å²) in [5, 5.41) is 45.9. The maximum absolute atomic E-state index is 12.7. The third-order valence-electron chi connectivity index (χ3n) is 13.0. The number of aliphatic hydroxyl groups is 4. The van der Waals surface area contributed by atoms with Gasteiger partial charge >= 0.3 is 5.97 Å². The van der Waals surface area contributed by atoms with Gasteiger partial charge in [0.15, 0.2) is 6.29 Å². The zero-order chi connectivity index (χ0) is 31.6. The van der Waals surface area contributed by atoms with E-state index in [4.69, 9.17) is 19.2 Å². The maximum atomic E-state index is 12.7. The number of ether oxygens (including phenoxy) is 3. The highest BCUT2D eigenvalue weighted by Gasteiger charge is 2.71. The molecule has 1 saturated heterocycles. The standard InChI is InChI=1S/C35H48N2O8/c1-21-31(40)28(38)15-30(44-21)45-24-5-10-33(20-37-18-22-4-3-13-36-17-22)26-6-9-32(2)25(23-14-29(39)43-19-23)8-12-35(32,42)27(26)7-11-34(33,41)16-24/h3-4,13-14,17,20-21,24-28,30-31,38,40-42H,5-12,15-16,18-19H2,1-2H3/t21-,24-,25-,26+,27-,28-,30+,31+,32-,33+,34+,35-/m1/s1. The smallest absolute Gasteiger partial charge is 0.331 e. The van der Waals surface area contributed by atoms with Crippen molar-refractivity contribution in [2.45, 2.75) is 127 Å². The Morgan fingerprint density at radius 1 is 1.11 bits per heavy atom. The van der Waals surface area contributed by atoms with Crippen LogP contribution < -0.4 is 0 Å². The predicted molar refractivity (Wildman–Crippen MR) is 164 cm³/mol. The summed E-state index contributed by atoms with van der Waals surface area (Å²) in [7, 11) is 0. The fraction of sp³-hybridized carbons (Fsp3) is 0.743. The van der Waals surface area contributed by atoms with E-state index < -0.39 is 41.2 Å². The number of esters is 1. The molecule has 5 fully saturated rings. The number of carbonyl (C=O) groups excluding carboxylic acids is 1. The van der Waals surface area contributed by atoms with Crippen molar-refractivity contribution < 1.29 is 39.4 Å². The van der Waals surface area contributed by atoms with Gasteiger partial charge in [-0.05, 0) is 93.2 Å². The van der Waals surface area contributed by atoms with Gasteiger partial charge in [-0.15, -0.1) is 0 Å². The van der Waals surface area contributed by atoms with Crippen molar-refractivity contribution in [2.24, 2.45) is 33.6 Å². The van der Waals surface area contributed by atoms with E-state index in [1.54, 1.807) is 19.2 Å². The first-order valence-electron chi connectivity index (χ1n) is 16.9. The van der Waals surface area contributed by atoms with Crippen molar-refractivity contribution in [3.63, 3.8) is 0 Å². The average Bonchev–Trinajstić information content (AvgIpc) is 3.56. The molecular formula is C35H48N2O8. The van der Waals surface area contributed by atoms with Gasteiger partial charge in [0.1, 0.15) is 12.7 Å². The Morgan fingerprint density at radius 3 is 2.67 bits per heavy atom. The van der Waals surface area contributed by atoms with E-state index in [1.165, 1.54) is 0 Å². The van der Waals surface area contributed by atoms with Gasteiger partial charge in [-0.1, -0.05) is 13.0 Å². The van der Waals surface area contributed by atoms with Crippen LogP contribution in [0.5, 0.6) is 0 Å². The Labute approximate surface area is 264 Å². The highest BCUT2D eigenvalue weighted by molar-refractivity contribution is 5.85. The number of hydrogen-bond acceptors (Lipinski definition) is 10. The van der Waals surface area contributed by atoms with Gasteiger partial charge in [0, 0.05) is 48.4 Å². The van der Waals surface area contributed by atoms with Crippen molar-refractivity contribution in [3.05, 3.63) is 41.7 Å². The highest BCUT2D eigenvalue weighted by atomic mass is 16.7. The fourth-order valence-corrected chi connectivity index (χ4v) is 10.6. The molecule has 0 aromatic carbocycles. The second-order valence-electron chi connectivity index (χ2n) is 15.0. The van der Waals surface area contributed by atoms with Crippen LogP contribution in [0.25, 0.3) is 0 Å². The summed E-state index contributed by atoms with van der Waals surface area (Å²) in [6.07, 6.45) is 10.2. The number of aliphatic hydroxyl groups excluding tert-OH is 2. The number of carbonyl (C=O) groups is 1. The number of rotatable bonds is 6. The van der Waals surface area contributed by atoms with Crippen LogP contribution in [0.15, 0.2) is 41.2 Å². The molecule has 45 heavy (non-hydrogen) atoms. The van der Waals surface area contributed by atoms with Gasteiger partial charge in [0.2, 0.25) is 0 Å². The lowest BCUT2D eigenvalue weighted by molar-refractivity contribution is -0.282. The number of hydrogen-bond donors (Lipinski definition) is 4. The Morgan fingerprint density at radius 2 is 1.93 bits per heavy atom. The molecule has 1 aromatic heterocycles. The molecule has 2 aliphatic heterocycles. The Bertz CT molecular complexity index is 1330. The quantitative estimate of drug-likeness (QED) is 0.212. The molecule has 4 N–H and O–H groups in total. The van der Waals surface area contributed by atoms with Crippen molar-refractivity contribution >= 4 is 12.2 Å². The first-order valence-corrected chi connectivity index (χ1v) is 16.9. The van der Waals surface area contributed by atoms with Crippen LogP contribution in [0.4, 0.5) is 0 Å². The summed E-state index contributed by atoms with van der Waals surface area (Å²) in [6.45, 7) is 4.71. The van der Waals surface area contributed by atoms with E-state index in [2.05, 4.69) is 11.9 Å². The Hall–Kier alpha value is -2.21. The zero-order valence-electron chi connectivity index (χ0n) is 26.4. The molecule has 0 spiro atoms. The molecule has 7 rings (SSSR count). The van der Waals surface area contributed by atoms with Crippen LogP contribution in [-0.2, 0) is 25.5 Å². The van der Waals surface area contributed by atoms with Crippen molar-refractivity contribution in [3.8, 4) is 0 Å². The van der Waals surface area contributed by atoms with Crippen LogP contribution in [-0.4, -0.2) is 86.1 Å². The molecule has 0 radical (unpaired) electrons. The van der Waals surface area contributed by atoms with Crippen molar-refractivity contribution in [2.75, 3.05) is 6.61 Å². The maximum Gasteiger partial charge on any atom is 0.331 e. The summed E-state index contributed by atoms with van der Waals surface area (Å²) in [5.74, 6) is -0.171. The molecule has 12 atom stereocenters. The monoisotopic (exact) mass is 624 g/mol. The SMILES string of the molecule is C[C@H]1O[C@@H](O[C@@H]2CC[C@]3(C=NCc4cccnc4)[C@H]4CC[C@]5(C)[C@@H](C6=CC(=O)OC6)CC[C@@]5(O)[C@@H]4CC[C@]3(O)C2)C[C@@H](O)[C@H]1O. The number of aliphatic imine (C=N–C) groups is 1. The van der Waals surface area contributed by atoms with E-state index >= 15 is 0 Å². The van der Waals surface area contributed by atoms with Gasteiger partial charge in [-0.3, -0.25) is 9.98 Å². The summed E-state index contributed by atoms with van der Waals surface area (Å²) in [4.78, 5) is 21.2. The molecule has 246 valence electrons. The third-order valence-corrected chi connectivity index (χ3v) is 13.0. The molecule has 6 aliphatic rings. The number of nitrogens with zero attached hydrogens (tertiary/aromatic N) is 2. The molecule has 10 nitrogen and oxygen atoms in total. The van der Waals surface area contributed by atoms with E-state index in [0.29, 0.717) is 51.7 Å². The van der Waals surface area contributed by atoms with E-state index in [1.807, 2.05) is 24.5 Å². The molecule has 1 aromatic rings. The van der Waals surface area contributed by atoms with Gasteiger partial charge in [0.25, 0.3) is 0 Å². The van der Waals surface area contributed by atoms with Crippen molar-refractivity contribution in [1.82, 2.24) is 4.98 Å². The van der Waals surface area contributed by atoms with E-state index in [-0.39, 0.29) is 41.7 Å². The molecular weight excluding hydrogens is 576 g/mol. The highest BCUT2D eigenvalue weighted by Crippen LogP contribution is 2.70. The first-order chi connectivity index (χ1) is 21.5. The minimum absolute atomic E-state index is 0.0124. The second-order valence-corrected chi connectivity index (χ2v) is 15.0. The fourth-order valence-electron chi connectivity index (χ4n) is 10.6. The number of cyclic esters (lactones) is 1. The molecule has 4 aliphatic carbocycles. The number of fused-ring (bicyclic) bond motifs is 5. The predicted octanol–water partition coefficient (Wildman–Crippen LogP) is 3.25. The third kappa shape index (κ3) is 5.02. The van der Waals surface area contributed by atoms with Crippen LogP contribution in [0.3, 0.4) is 0 Å². The second kappa shape index (κ2) is 11.5. The van der Waals surface area contributed by atoms with Gasteiger partial charge in [0.05, 0.1) is 36.1 Å².